The second kappa shape index (κ2) is 7.48. The minimum Gasteiger partial charge on any atom is -0.452 e. The molecule has 0 spiro atoms. The minimum atomic E-state index is -0.826. The van der Waals surface area contributed by atoms with E-state index >= 15 is 0 Å². The Morgan fingerprint density at radius 3 is 2.42 bits per heavy atom. The van der Waals surface area contributed by atoms with Crippen LogP contribution in [-0.2, 0) is 19.1 Å². The van der Waals surface area contributed by atoms with Gasteiger partial charge in [0.25, 0.3) is 0 Å². The summed E-state index contributed by atoms with van der Waals surface area (Å²) in [5, 5.41) is 0. The molecular formula is C15H18O4. The Bertz CT molecular complexity index is 439. The zero-order valence-corrected chi connectivity index (χ0v) is 11.2. The Morgan fingerprint density at radius 1 is 1.32 bits per heavy atom. The van der Waals surface area contributed by atoms with Crippen LogP contribution in [0.4, 0.5) is 0 Å². The van der Waals surface area contributed by atoms with Gasteiger partial charge in [0.05, 0.1) is 0 Å². The molecule has 2 atom stereocenters. The number of methoxy groups -OCH3 is 1. The normalized spacial score (nSPS) is 13.4. The minimum absolute atomic E-state index is 0.212. The molecule has 0 N–H and O–H groups in total. The third-order valence-corrected chi connectivity index (χ3v) is 2.64. The molecule has 19 heavy (non-hydrogen) atoms. The molecule has 0 heterocycles. The molecule has 0 aromatic heterocycles. The van der Waals surface area contributed by atoms with Gasteiger partial charge in [-0.2, -0.15) is 0 Å². The van der Waals surface area contributed by atoms with E-state index in [0.29, 0.717) is 12.0 Å². The van der Waals surface area contributed by atoms with E-state index in [1.165, 1.54) is 14.0 Å². The van der Waals surface area contributed by atoms with Crippen LogP contribution < -0.4 is 0 Å². The van der Waals surface area contributed by atoms with Crippen LogP contribution >= 0.6 is 0 Å². The molecule has 1 aromatic rings. The van der Waals surface area contributed by atoms with Gasteiger partial charge in [0.2, 0.25) is 0 Å². The van der Waals surface area contributed by atoms with Crippen molar-refractivity contribution in [3.63, 3.8) is 0 Å². The lowest BCUT2D eigenvalue weighted by Crippen LogP contribution is -2.28. The Hall–Kier alpha value is -1.94. The fourth-order valence-corrected chi connectivity index (χ4v) is 1.65. The number of carbonyl (C=O) groups excluding carboxylic acids is 2. The molecule has 4 nitrogen and oxygen atoms in total. The smallest absolute Gasteiger partial charge is 0.340 e. The van der Waals surface area contributed by atoms with Gasteiger partial charge in [-0.3, -0.25) is 4.79 Å². The molecule has 102 valence electrons. The molecule has 0 fully saturated rings. The van der Waals surface area contributed by atoms with Crippen LogP contribution in [-0.4, -0.2) is 25.0 Å². The third kappa shape index (κ3) is 4.34. The van der Waals surface area contributed by atoms with Crippen molar-refractivity contribution in [2.45, 2.75) is 25.6 Å². The van der Waals surface area contributed by atoms with E-state index < -0.39 is 18.2 Å². The number of ether oxygens (including phenoxy) is 2. The predicted molar refractivity (Wildman–Crippen MR) is 71.6 cm³/mol. The third-order valence-electron chi connectivity index (χ3n) is 2.64. The average Bonchev–Trinajstić information content (AvgIpc) is 2.40. The molecule has 0 radical (unpaired) electrons. The highest BCUT2D eigenvalue weighted by molar-refractivity contribution is 5.85. The predicted octanol–water partition coefficient (Wildman–Crippen LogP) is 2.45. The number of benzene rings is 1. The lowest BCUT2D eigenvalue weighted by Gasteiger charge is -2.18. The fraction of sp³-hybridized carbons (Fsp3) is 0.333. The average molecular weight is 262 g/mol. The van der Waals surface area contributed by atoms with E-state index in [2.05, 4.69) is 6.58 Å². The molecule has 0 bridgehead atoms. The summed E-state index contributed by atoms with van der Waals surface area (Å²) in [6, 6.07) is 9.00. The first-order valence-corrected chi connectivity index (χ1v) is 5.99. The largest absolute Gasteiger partial charge is 0.452 e. The van der Waals surface area contributed by atoms with Gasteiger partial charge < -0.3 is 9.47 Å². The van der Waals surface area contributed by atoms with Crippen LogP contribution in [0.3, 0.4) is 0 Å². The summed E-state index contributed by atoms with van der Waals surface area (Å²) >= 11 is 0. The van der Waals surface area contributed by atoms with E-state index in [-0.39, 0.29) is 5.78 Å². The number of carbonyl (C=O) groups is 2. The highest BCUT2D eigenvalue weighted by Gasteiger charge is 2.26. The topological polar surface area (TPSA) is 52.6 Å². The van der Waals surface area contributed by atoms with Crippen molar-refractivity contribution in [3.05, 3.63) is 48.6 Å². The van der Waals surface area contributed by atoms with Crippen molar-refractivity contribution in [3.8, 4) is 0 Å². The molecule has 0 aliphatic carbocycles. The Kier molecular flexibility index (Phi) is 5.96. The van der Waals surface area contributed by atoms with Crippen molar-refractivity contribution in [1.82, 2.24) is 0 Å². The standard InChI is InChI=1S/C15H18O4/c1-4-8-13(11(2)16)19-15(17)14(18-3)12-9-6-5-7-10-12/h4-7,9-10,13-14H,1,8H2,2-3H3. The number of rotatable bonds is 7. The molecule has 4 heteroatoms. The second-order valence-electron chi connectivity index (χ2n) is 4.09. The number of esters is 1. The van der Waals surface area contributed by atoms with E-state index in [0.717, 1.165) is 0 Å². The molecule has 0 saturated carbocycles. The van der Waals surface area contributed by atoms with E-state index in [9.17, 15) is 9.59 Å². The summed E-state index contributed by atoms with van der Waals surface area (Å²) in [5.41, 5.74) is 0.691. The Labute approximate surface area is 113 Å². The van der Waals surface area contributed by atoms with Gasteiger partial charge in [-0.05, 0) is 12.5 Å². The van der Waals surface area contributed by atoms with Crippen molar-refractivity contribution in [1.29, 1.82) is 0 Å². The number of Topliss-reactive ketones (excluding diaryl/α,β-unsaturated/α-hetero) is 1. The van der Waals surface area contributed by atoms with Crippen molar-refractivity contribution in [2.75, 3.05) is 7.11 Å². The first-order valence-electron chi connectivity index (χ1n) is 5.99. The second-order valence-corrected chi connectivity index (χ2v) is 4.09. The summed E-state index contributed by atoms with van der Waals surface area (Å²) in [7, 11) is 1.43. The molecule has 1 aromatic carbocycles. The summed E-state index contributed by atoms with van der Waals surface area (Å²) in [4.78, 5) is 23.4. The molecule has 0 aliphatic rings. The van der Waals surface area contributed by atoms with E-state index in [1.807, 2.05) is 6.07 Å². The van der Waals surface area contributed by atoms with Gasteiger partial charge in [-0.25, -0.2) is 4.79 Å². The zero-order chi connectivity index (χ0) is 14.3. The van der Waals surface area contributed by atoms with Gasteiger partial charge >= 0.3 is 5.97 Å². The fourth-order valence-electron chi connectivity index (χ4n) is 1.65. The Morgan fingerprint density at radius 2 is 1.95 bits per heavy atom. The van der Waals surface area contributed by atoms with Gasteiger partial charge in [-0.15, -0.1) is 6.58 Å². The van der Waals surface area contributed by atoms with Gasteiger partial charge in [0.1, 0.15) is 0 Å². The van der Waals surface area contributed by atoms with Crippen molar-refractivity contribution in [2.24, 2.45) is 0 Å². The SMILES string of the molecule is C=CCC(OC(=O)C(OC)c1ccccc1)C(C)=O. The van der Waals surface area contributed by atoms with Crippen LogP contribution in [0.5, 0.6) is 0 Å². The molecule has 0 amide bonds. The lowest BCUT2D eigenvalue weighted by molar-refractivity contribution is -0.164. The van der Waals surface area contributed by atoms with Crippen LogP contribution in [0, 0.1) is 0 Å². The zero-order valence-electron chi connectivity index (χ0n) is 11.2. The number of ketones is 1. The first kappa shape index (κ1) is 15.1. The number of hydrogen-bond acceptors (Lipinski definition) is 4. The van der Waals surface area contributed by atoms with Crippen LogP contribution in [0.25, 0.3) is 0 Å². The highest BCUT2D eigenvalue weighted by atomic mass is 16.6. The first-order chi connectivity index (χ1) is 9.10. The maximum absolute atomic E-state index is 12.0. The van der Waals surface area contributed by atoms with Gasteiger partial charge in [-0.1, -0.05) is 36.4 Å². The summed E-state index contributed by atoms with van der Waals surface area (Å²) < 4.78 is 10.3. The molecule has 2 unspecified atom stereocenters. The molecular weight excluding hydrogens is 244 g/mol. The summed E-state index contributed by atoms with van der Waals surface area (Å²) in [5.74, 6) is -0.785. The van der Waals surface area contributed by atoms with Crippen molar-refractivity contribution >= 4 is 11.8 Å². The molecule has 0 saturated heterocycles. The monoisotopic (exact) mass is 262 g/mol. The van der Waals surface area contributed by atoms with E-state index in [4.69, 9.17) is 9.47 Å². The molecule has 1 rings (SSSR count). The van der Waals surface area contributed by atoms with Crippen LogP contribution in [0.15, 0.2) is 43.0 Å². The maximum atomic E-state index is 12.0. The van der Waals surface area contributed by atoms with Gasteiger partial charge in [0, 0.05) is 13.5 Å². The highest BCUT2D eigenvalue weighted by Crippen LogP contribution is 2.19. The van der Waals surface area contributed by atoms with Gasteiger partial charge in [0.15, 0.2) is 18.0 Å². The summed E-state index contributed by atoms with van der Waals surface area (Å²) in [6.07, 6.45) is 0.218. The molecule has 0 aliphatic heterocycles. The maximum Gasteiger partial charge on any atom is 0.340 e. The quantitative estimate of drug-likeness (QED) is 0.559. The van der Waals surface area contributed by atoms with Crippen LogP contribution in [0.2, 0.25) is 0 Å². The van der Waals surface area contributed by atoms with E-state index in [1.54, 1.807) is 30.3 Å². The van der Waals surface area contributed by atoms with Crippen molar-refractivity contribution < 1.29 is 19.1 Å². The number of hydrogen-bond donors (Lipinski definition) is 0. The van der Waals surface area contributed by atoms with Crippen LogP contribution in [0.1, 0.15) is 25.0 Å². The Balaban J connectivity index is 2.79. The lowest BCUT2D eigenvalue weighted by atomic mass is 10.1. The summed E-state index contributed by atoms with van der Waals surface area (Å²) in [6.45, 7) is 4.92.